The van der Waals surface area contributed by atoms with Crippen LogP contribution in [0.3, 0.4) is 0 Å². The van der Waals surface area contributed by atoms with Gasteiger partial charge >= 0.3 is 6.80 Å². The summed E-state index contributed by atoms with van der Waals surface area (Å²) in [5, 5.41) is 0. The van der Waals surface area contributed by atoms with Gasteiger partial charge in [-0.1, -0.05) is 0 Å². The van der Waals surface area contributed by atoms with Crippen LogP contribution in [0.15, 0.2) is 0 Å². The molecule has 0 aromatic rings. The van der Waals surface area contributed by atoms with Crippen molar-refractivity contribution >= 4 is 18.2 Å². The minimum atomic E-state index is -3.87. The first kappa shape index (κ1) is 12.5. The molecule has 1 aliphatic heterocycles. The van der Waals surface area contributed by atoms with E-state index >= 15 is 0 Å². The van der Waals surface area contributed by atoms with Crippen LogP contribution in [0.4, 0.5) is 0 Å². The second-order valence-electron chi connectivity index (χ2n) is 3.47. The summed E-state index contributed by atoms with van der Waals surface area (Å²) in [6.45, 7) is 0.983. The van der Waals surface area contributed by atoms with Crippen LogP contribution in [0.25, 0.3) is 0 Å². The van der Waals surface area contributed by atoms with Crippen LogP contribution >= 0.6 is 18.2 Å². The number of hydrogen-bond acceptors (Lipinski definition) is 4. The van der Waals surface area contributed by atoms with Crippen molar-refractivity contribution in [3.8, 4) is 0 Å². The van der Waals surface area contributed by atoms with Gasteiger partial charge in [0.1, 0.15) is 0 Å². The summed E-state index contributed by atoms with van der Waals surface area (Å²) in [5.41, 5.74) is 0. The maximum absolute atomic E-state index is 10.6. The second kappa shape index (κ2) is 5.49. The number of hydrogen-bond donors (Lipinski definition) is 2. The molecule has 7 heteroatoms. The number of likely N-dealkylation sites (N-methyl/N-ethyl adjacent to an activating group) is 1. The van der Waals surface area contributed by atoms with Crippen LogP contribution < -0.4 is 0 Å². The van der Waals surface area contributed by atoms with Crippen molar-refractivity contribution in [1.82, 2.24) is 9.80 Å². The molecule has 5 nitrogen and oxygen atoms in total. The molecule has 0 atom stereocenters. The number of nitrogens with zero attached hydrogens (tertiary/aromatic N) is 2. The highest BCUT2D eigenvalue weighted by atomic mass is 32.7. The monoisotopic (exact) mass is 240 g/mol. The Bertz CT molecular complexity index is 215. The molecule has 0 aromatic carbocycles. The summed E-state index contributed by atoms with van der Waals surface area (Å²) < 4.78 is 10.6. The topological polar surface area (TPSA) is 64.0 Å². The van der Waals surface area contributed by atoms with E-state index in [1.807, 2.05) is 0 Å². The number of piperazine rings is 1. The van der Waals surface area contributed by atoms with Crippen molar-refractivity contribution in [1.29, 1.82) is 0 Å². The van der Waals surface area contributed by atoms with Gasteiger partial charge in [-0.25, -0.2) is 4.57 Å². The molecular weight excluding hydrogens is 223 g/mol. The SMILES string of the molecule is CN1CCN(CCSP(=O)(O)O)CC1. The Hall–Kier alpha value is 0.420. The van der Waals surface area contributed by atoms with E-state index < -0.39 is 6.80 Å². The van der Waals surface area contributed by atoms with Gasteiger partial charge in [0.2, 0.25) is 0 Å². The molecule has 2 N–H and O–H groups in total. The molecule has 0 radical (unpaired) electrons. The fourth-order valence-corrected chi connectivity index (χ4v) is 2.90. The van der Waals surface area contributed by atoms with Gasteiger partial charge < -0.3 is 14.7 Å². The summed E-state index contributed by atoms with van der Waals surface area (Å²) in [6, 6.07) is 0. The molecule has 1 saturated heterocycles. The van der Waals surface area contributed by atoms with Crippen LogP contribution in [0, 0.1) is 0 Å². The van der Waals surface area contributed by atoms with Crippen LogP contribution in [-0.2, 0) is 4.57 Å². The van der Waals surface area contributed by atoms with Crippen LogP contribution in [0.1, 0.15) is 0 Å². The van der Waals surface area contributed by atoms with Crippen LogP contribution in [0.5, 0.6) is 0 Å². The normalized spacial score (nSPS) is 21.4. The summed E-state index contributed by atoms with van der Waals surface area (Å²) >= 11 is 0.739. The average Bonchev–Trinajstić information content (AvgIpc) is 2.06. The zero-order valence-corrected chi connectivity index (χ0v) is 10.0. The molecule has 0 aliphatic carbocycles. The van der Waals surface area contributed by atoms with E-state index in [0.717, 1.165) is 44.1 Å². The van der Waals surface area contributed by atoms with E-state index in [4.69, 9.17) is 9.79 Å². The van der Waals surface area contributed by atoms with Crippen molar-refractivity contribution in [2.45, 2.75) is 0 Å². The molecular formula is C7H17N2O3PS. The Labute approximate surface area is 88.4 Å². The Morgan fingerprint density at radius 3 is 2.36 bits per heavy atom. The van der Waals surface area contributed by atoms with Gasteiger partial charge in [0.15, 0.2) is 0 Å². The molecule has 1 heterocycles. The maximum Gasteiger partial charge on any atom is 0.384 e. The molecule has 84 valence electrons. The molecule has 0 unspecified atom stereocenters. The zero-order chi connectivity index (χ0) is 10.6. The first-order valence-corrected chi connectivity index (χ1v) is 7.79. The first-order chi connectivity index (χ1) is 6.47. The van der Waals surface area contributed by atoms with Gasteiger partial charge in [-0.3, -0.25) is 4.90 Å². The summed E-state index contributed by atoms with van der Waals surface area (Å²) in [5.74, 6) is 0.508. The molecule has 0 bridgehead atoms. The van der Waals surface area contributed by atoms with Gasteiger partial charge in [-0.2, -0.15) is 0 Å². The molecule has 1 rings (SSSR count). The van der Waals surface area contributed by atoms with Crippen LogP contribution in [0.2, 0.25) is 0 Å². The highest BCUT2D eigenvalue weighted by molar-refractivity contribution is 8.54. The van der Waals surface area contributed by atoms with E-state index in [1.54, 1.807) is 0 Å². The highest BCUT2D eigenvalue weighted by Crippen LogP contribution is 2.49. The Kier molecular flexibility index (Phi) is 4.90. The Morgan fingerprint density at radius 2 is 1.86 bits per heavy atom. The predicted molar refractivity (Wildman–Crippen MR) is 58.4 cm³/mol. The zero-order valence-electron chi connectivity index (χ0n) is 8.30. The third kappa shape index (κ3) is 5.34. The number of rotatable bonds is 4. The average molecular weight is 240 g/mol. The minimum Gasteiger partial charge on any atom is -0.317 e. The van der Waals surface area contributed by atoms with Crippen molar-refractivity contribution in [2.24, 2.45) is 0 Å². The summed E-state index contributed by atoms with van der Waals surface area (Å²) in [6.07, 6.45) is 0. The minimum absolute atomic E-state index is 0.508. The van der Waals surface area contributed by atoms with E-state index in [-0.39, 0.29) is 0 Å². The molecule has 14 heavy (non-hydrogen) atoms. The van der Waals surface area contributed by atoms with E-state index in [2.05, 4.69) is 16.8 Å². The molecule has 1 fully saturated rings. The van der Waals surface area contributed by atoms with Crippen molar-refractivity contribution in [3.05, 3.63) is 0 Å². The lowest BCUT2D eigenvalue weighted by Crippen LogP contribution is -2.45. The van der Waals surface area contributed by atoms with E-state index in [0.29, 0.717) is 5.75 Å². The summed E-state index contributed by atoms with van der Waals surface area (Å²) in [4.78, 5) is 21.8. The lowest BCUT2D eigenvalue weighted by Gasteiger charge is -2.32. The second-order valence-corrected chi connectivity index (χ2v) is 7.32. The highest BCUT2D eigenvalue weighted by Gasteiger charge is 2.16. The lowest BCUT2D eigenvalue weighted by molar-refractivity contribution is 0.161. The van der Waals surface area contributed by atoms with Crippen LogP contribution in [-0.4, -0.2) is 65.1 Å². The smallest absolute Gasteiger partial charge is 0.317 e. The molecule has 1 aliphatic rings. The largest absolute Gasteiger partial charge is 0.384 e. The lowest BCUT2D eigenvalue weighted by atomic mass is 10.3. The van der Waals surface area contributed by atoms with Gasteiger partial charge in [0.25, 0.3) is 0 Å². The van der Waals surface area contributed by atoms with Gasteiger partial charge in [0, 0.05) is 38.5 Å². The third-order valence-corrected chi connectivity index (χ3v) is 4.52. The Morgan fingerprint density at radius 1 is 1.29 bits per heavy atom. The fourth-order valence-electron chi connectivity index (χ4n) is 1.36. The predicted octanol–water partition coefficient (Wildman–Crippen LogP) is 0.0597. The molecule has 0 amide bonds. The quantitative estimate of drug-likeness (QED) is 0.677. The van der Waals surface area contributed by atoms with Gasteiger partial charge in [-0.05, 0) is 18.4 Å². The maximum atomic E-state index is 10.6. The molecule has 0 saturated carbocycles. The standard InChI is InChI=1S/C7H17N2O3PS/c1-8-2-4-9(5-3-8)6-7-14-13(10,11)12/h2-7H2,1H3,(H2,10,11,12). The van der Waals surface area contributed by atoms with Gasteiger partial charge in [0.05, 0.1) is 0 Å². The Balaban J connectivity index is 2.11. The summed E-state index contributed by atoms with van der Waals surface area (Å²) in [7, 11) is 2.09. The van der Waals surface area contributed by atoms with Gasteiger partial charge in [-0.15, -0.1) is 0 Å². The third-order valence-electron chi connectivity index (χ3n) is 2.26. The fraction of sp³-hybridized carbons (Fsp3) is 1.00. The molecule has 0 spiro atoms. The van der Waals surface area contributed by atoms with Crippen molar-refractivity contribution < 1.29 is 14.4 Å². The van der Waals surface area contributed by atoms with E-state index in [1.165, 1.54) is 0 Å². The van der Waals surface area contributed by atoms with Crippen molar-refractivity contribution in [3.63, 3.8) is 0 Å². The first-order valence-electron chi connectivity index (χ1n) is 4.58. The molecule has 0 aromatic heterocycles. The van der Waals surface area contributed by atoms with E-state index in [9.17, 15) is 4.57 Å². The van der Waals surface area contributed by atoms with Crippen molar-refractivity contribution in [2.75, 3.05) is 45.5 Å².